The van der Waals surface area contributed by atoms with Crippen LogP contribution in [0.15, 0.2) is 18.2 Å². The molecule has 1 spiro atoms. The molecule has 1 fully saturated rings. The van der Waals surface area contributed by atoms with Gasteiger partial charge in [-0.3, -0.25) is 4.79 Å². The van der Waals surface area contributed by atoms with E-state index < -0.39 is 5.60 Å². The van der Waals surface area contributed by atoms with Crippen LogP contribution in [0.1, 0.15) is 12.8 Å². The number of benzene rings is 1. The summed E-state index contributed by atoms with van der Waals surface area (Å²) in [5.74, 6) is 0.641. The normalized spacial score (nSPS) is 21.1. The highest BCUT2D eigenvalue weighted by molar-refractivity contribution is 6.30. The van der Waals surface area contributed by atoms with E-state index in [0.29, 0.717) is 16.5 Å². The summed E-state index contributed by atoms with van der Waals surface area (Å²) in [7, 11) is 0. The molecule has 1 amide bonds. The first-order valence-corrected chi connectivity index (χ1v) is 4.87. The summed E-state index contributed by atoms with van der Waals surface area (Å²) in [6, 6.07) is 5.22. The summed E-state index contributed by atoms with van der Waals surface area (Å²) >= 11 is 5.83. The SMILES string of the molecule is O=C1Nc2ccc(Cl)cc2OC12CC2. The van der Waals surface area contributed by atoms with Gasteiger partial charge in [0.1, 0.15) is 5.75 Å². The van der Waals surface area contributed by atoms with E-state index in [4.69, 9.17) is 16.3 Å². The Bertz CT molecular complexity index is 426. The van der Waals surface area contributed by atoms with Gasteiger partial charge in [0.2, 0.25) is 0 Å². The highest BCUT2D eigenvalue weighted by Crippen LogP contribution is 2.47. The minimum absolute atomic E-state index is 0.0349. The largest absolute Gasteiger partial charge is 0.475 e. The Balaban J connectivity index is 2.07. The summed E-state index contributed by atoms with van der Waals surface area (Å²) < 4.78 is 5.63. The number of nitrogens with one attached hydrogen (secondary N) is 1. The summed E-state index contributed by atoms with van der Waals surface area (Å²) in [4.78, 5) is 11.6. The Morgan fingerprint density at radius 1 is 1.43 bits per heavy atom. The minimum Gasteiger partial charge on any atom is -0.475 e. The monoisotopic (exact) mass is 209 g/mol. The Labute approximate surface area is 86.0 Å². The van der Waals surface area contributed by atoms with Crippen molar-refractivity contribution in [2.24, 2.45) is 0 Å². The molecule has 0 radical (unpaired) electrons. The van der Waals surface area contributed by atoms with E-state index in [9.17, 15) is 4.79 Å². The van der Waals surface area contributed by atoms with Gasteiger partial charge in [-0.2, -0.15) is 0 Å². The molecule has 3 nitrogen and oxygen atoms in total. The molecule has 0 aromatic heterocycles. The molecule has 1 N–H and O–H groups in total. The molecular formula is C10H8ClNO2. The Hall–Kier alpha value is -1.22. The smallest absolute Gasteiger partial charge is 0.268 e. The van der Waals surface area contributed by atoms with Crippen LogP contribution in [-0.4, -0.2) is 11.5 Å². The second kappa shape index (κ2) is 2.42. The van der Waals surface area contributed by atoms with E-state index in [1.54, 1.807) is 18.2 Å². The molecule has 1 aromatic carbocycles. The number of fused-ring (bicyclic) bond motifs is 1. The van der Waals surface area contributed by atoms with Gasteiger partial charge in [0.15, 0.2) is 5.60 Å². The molecule has 0 unspecified atom stereocenters. The molecule has 14 heavy (non-hydrogen) atoms. The third-order valence-electron chi connectivity index (χ3n) is 2.62. The second-order valence-electron chi connectivity index (χ2n) is 3.69. The average molecular weight is 210 g/mol. The molecule has 1 aliphatic heterocycles. The van der Waals surface area contributed by atoms with Gasteiger partial charge in [0.25, 0.3) is 5.91 Å². The predicted octanol–water partition coefficient (Wildman–Crippen LogP) is 2.20. The van der Waals surface area contributed by atoms with E-state index in [0.717, 1.165) is 12.8 Å². The Kier molecular flexibility index (Phi) is 1.40. The molecule has 3 rings (SSSR count). The summed E-state index contributed by atoms with van der Waals surface area (Å²) in [6.45, 7) is 0. The zero-order chi connectivity index (χ0) is 9.76. The fourth-order valence-electron chi connectivity index (χ4n) is 1.62. The van der Waals surface area contributed by atoms with Gasteiger partial charge in [-0.25, -0.2) is 0 Å². The molecule has 0 atom stereocenters. The number of hydrogen-bond acceptors (Lipinski definition) is 2. The number of hydrogen-bond donors (Lipinski definition) is 1. The van der Waals surface area contributed by atoms with Crippen molar-refractivity contribution < 1.29 is 9.53 Å². The lowest BCUT2D eigenvalue weighted by atomic mass is 10.2. The number of rotatable bonds is 0. The molecule has 2 aliphatic rings. The van der Waals surface area contributed by atoms with Crippen molar-refractivity contribution in [2.45, 2.75) is 18.4 Å². The van der Waals surface area contributed by atoms with Crippen LogP contribution in [0.3, 0.4) is 0 Å². The van der Waals surface area contributed by atoms with Crippen molar-refractivity contribution in [2.75, 3.05) is 5.32 Å². The van der Waals surface area contributed by atoms with Crippen molar-refractivity contribution >= 4 is 23.2 Å². The molecule has 1 aromatic rings. The van der Waals surface area contributed by atoms with E-state index in [1.165, 1.54) is 0 Å². The number of carbonyl (C=O) groups excluding carboxylic acids is 1. The van der Waals surface area contributed by atoms with Gasteiger partial charge >= 0.3 is 0 Å². The van der Waals surface area contributed by atoms with Crippen LogP contribution in [0.25, 0.3) is 0 Å². The molecule has 0 bridgehead atoms. The maximum Gasteiger partial charge on any atom is 0.268 e. The van der Waals surface area contributed by atoms with Gasteiger partial charge in [-0.05, 0) is 12.1 Å². The van der Waals surface area contributed by atoms with E-state index in [2.05, 4.69) is 5.32 Å². The highest BCUT2D eigenvalue weighted by atomic mass is 35.5. The van der Waals surface area contributed by atoms with Crippen molar-refractivity contribution in [3.05, 3.63) is 23.2 Å². The van der Waals surface area contributed by atoms with E-state index >= 15 is 0 Å². The number of ether oxygens (including phenoxy) is 1. The van der Waals surface area contributed by atoms with Crippen LogP contribution in [0, 0.1) is 0 Å². The van der Waals surface area contributed by atoms with Gasteiger partial charge in [0, 0.05) is 23.9 Å². The molecule has 1 aliphatic carbocycles. The maximum atomic E-state index is 11.6. The fraction of sp³-hybridized carbons (Fsp3) is 0.300. The van der Waals surface area contributed by atoms with Gasteiger partial charge in [-0.15, -0.1) is 0 Å². The van der Waals surface area contributed by atoms with Crippen LogP contribution in [-0.2, 0) is 4.79 Å². The summed E-state index contributed by atoms with van der Waals surface area (Å²) in [6.07, 6.45) is 1.59. The highest BCUT2D eigenvalue weighted by Gasteiger charge is 2.55. The van der Waals surface area contributed by atoms with Crippen molar-refractivity contribution in [1.82, 2.24) is 0 Å². The zero-order valence-corrected chi connectivity index (χ0v) is 8.10. The second-order valence-corrected chi connectivity index (χ2v) is 4.13. The molecule has 72 valence electrons. The third kappa shape index (κ3) is 1.02. The third-order valence-corrected chi connectivity index (χ3v) is 2.85. The van der Waals surface area contributed by atoms with Crippen LogP contribution < -0.4 is 10.1 Å². The van der Waals surface area contributed by atoms with Gasteiger partial charge < -0.3 is 10.1 Å². The van der Waals surface area contributed by atoms with Crippen molar-refractivity contribution in [3.63, 3.8) is 0 Å². The van der Waals surface area contributed by atoms with Gasteiger partial charge in [-0.1, -0.05) is 11.6 Å². The lowest BCUT2D eigenvalue weighted by Crippen LogP contribution is -2.38. The molecule has 4 heteroatoms. The summed E-state index contributed by atoms with van der Waals surface area (Å²) in [5, 5.41) is 3.44. The number of carbonyl (C=O) groups is 1. The molecule has 0 saturated heterocycles. The lowest BCUT2D eigenvalue weighted by Gasteiger charge is -2.25. The average Bonchev–Trinajstić information content (AvgIpc) is 2.89. The first kappa shape index (κ1) is 8.12. The first-order chi connectivity index (χ1) is 6.70. The van der Waals surface area contributed by atoms with Crippen LogP contribution in [0.4, 0.5) is 5.69 Å². The van der Waals surface area contributed by atoms with Crippen LogP contribution in [0.5, 0.6) is 5.75 Å². The first-order valence-electron chi connectivity index (χ1n) is 4.50. The van der Waals surface area contributed by atoms with Crippen LogP contribution >= 0.6 is 11.6 Å². The minimum atomic E-state index is -0.586. The quantitative estimate of drug-likeness (QED) is 0.712. The number of amides is 1. The Morgan fingerprint density at radius 2 is 2.21 bits per heavy atom. The van der Waals surface area contributed by atoms with Gasteiger partial charge in [0.05, 0.1) is 5.69 Å². The maximum absolute atomic E-state index is 11.6. The summed E-state index contributed by atoms with van der Waals surface area (Å²) in [5.41, 5.74) is 0.120. The topological polar surface area (TPSA) is 38.3 Å². The standard InChI is InChI=1S/C10H8ClNO2/c11-6-1-2-7-8(5-6)14-10(3-4-10)9(13)12-7/h1-2,5H,3-4H2,(H,12,13). The lowest BCUT2D eigenvalue weighted by molar-refractivity contribution is -0.125. The number of halogens is 1. The van der Waals surface area contributed by atoms with E-state index in [1.807, 2.05) is 0 Å². The van der Waals surface area contributed by atoms with Crippen molar-refractivity contribution in [1.29, 1.82) is 0 Å². The zero-order valence-electron chi connectivity index (χ0n) is 7.34. The Morgan fingerprint density at radius 3 is 2.93 bits per heavy atom. The van der Waals surface area contributed by atoms with Crippen molar-refractivity contribution in [3.8, 4) is 5.75 Å². The fourth-order valence-corrected chi connectivity index (χ4v) is 1.78. The van der Waals surface area contributed by atoms with Crippen LogP contribution in [0.2, 0.25) is 5.02 Å². The number of anilines is 1. The molecule has 1 saturated carbocycles. The predicted molar refractivity (Wildman–Crippen MR) is 52.7 cm³/mol. The van der Waals surface area contributed by atoms with E-state index in [-0.39, 0.29) is 5.91 Å². The molecule has 1 heterocycles. The molecular weight excluding hydrogens is 202 g/mol.